The molecular formula is C12H12BrF3N2O2. The van der Waals surface area contributed by atoms with Crippen LogP contribution in [0.5, 0.6) is 0 Å². The van der Waals surface area contributed by atoms with E-state index in [9.17, 15) is 22.8 Å². The van der Waals surface area contributed by atoms with Crippen molar-refractivity contribution in [3.8, 4) is 0 Å². The second-order valence-electron chi connectivity index (χ2n) is 3.97. The monoisotopic (exact) mass is 352 g/mol. The first-order chi connectivity index (χ1) is 9.20. The van der Waals surface area contributed by atoms with Gasteiger partial charge in [-0.25, -0.2) is 0 Å². The van der Waals surface area contributed by atoms with Gasteiger partial charge >= 0.3 is 6.18 Å². The normalized spacial score (nSPS) is 11.1. The number of hydrogen-bond donors (Lipinski definition) is 2. The Morgan fingerprint density at radius 3 is 2.50 bits per heavy atom. The summed E-state index contributed by atoms with van der Waals surface area (Å²) < 4.78 is 37.9. The van der Waals surface area contributed by atoms with Crippen LogP contribution in [0.1, 0.15) is 18.9 Å². The molecule has 0 unspecified atom stereocenters. The van der Waals surface area contributed by atoms with E-state index in [0.717, 1.165) is 6.07 Å². The van der Waals surface area contributed by atoms with E-state index in [-0.39, 0.29) is 29.0 Å². The van der Waals surface area contributed by atoms with E-state index < -0.39 is 17.6 Å². The van der Waals surface area contributed by atoms with Crippen molar-refractivity contribution in [2.45, 2.75) is 19.5 Å². The minimum atomic E-state index is -4.50. The predicted molar refractivity (Wildman–Crippen MR) is 71.1 cm³/mol. The zero-order valence-electron chi connectivity index (χ0n) is 10.5. The molecule has 0 aliphatic rings. The molecule has 1 aromatic carbocycles. The molecule has 2 N–H and O–H groups in total. The number of nitrogens with one attached hydrogen (secondary N) is 2. The molecular weight excluding hydrogens is 341 g/mol. The fraction of sp³-hybridized carbons (Fsp3) is 0.333. The lowest BCUT2D eigenvalue weighted by atomic mass is 10.2. The largest absolute Gasteiger partial charge is 0.417 e. The quantitative estimate of drug-likeness (QED) is 0.875. The second-order valence-corrected chi connectivity index (χ2v) is 4.83. The van der Waals surface area contributed by atoms with Crippen LogP contribution in [0.15, 0.2) is 22.7 Å². The van der Waals surface area contributed by atoms with Crippen LogP contribution in [0.25, 0.3) is 0 Å². The lowest BCUT2D eigenvalue weighted by molar-refractivity contribution is -0.138. The fourth-order valence-electron chi connectivity index (χ4n) is 1.40. The molecule has 0 fully saturated rings. The van der Waals surface area contributed by atoms with Gasteiger partial charge in [0.25, 0.3) is 0 Å². The zero-order chi connectivity index (χ0) is 15.3. The van der Waals surface area contributed by atoms with E-state index >= 15 is 0 Å². The molecule has 0 bridgehead atoms. The van der Waals surface area contributed by atoms with Crippen LogP contribution in [0.2, 0.25) is 0 Å². The van der Waals surface area contributed by atoms with E-state index in [4.69, 9.17) is 0 Å². The van der Waals surface area contributed by atoms with Gasteiger partial charge in [0.15, 0.2) is 0 Å². The summed E-state index contributed by atoms with van der Waals surface area (Å²) in [5.41, 5.74) is -0.814. The average molecular weight is 353 g/mol. The summed E-state index contributed by atoms with van der Waals surface area (Å²) in [6.07, 6.45) is -4.52. The smallest absolute Gasteiger partial charge is 0.356 e. The topological polar surface area (TPSA) is 58.2 Å². The highest BCUT2D eigenvalue weighted by molar-refractivity contribution is 9.10. The predicted octanol–water partition coefficient (Wildman–Crippen LogP) is 2.93. The Morgan fingerprint density at radius 2 is 1.95 bits per heavy atom. The molecule has 0 aromatic heterocycles. The molecule has 0 spiro atoms. The van der Waals surface area contributed by atoms with E-state index in [1.165, 1.54) is 19.1 Å². The highest BCUT2D eigenvalue weighted by atomic mass is 79.9. The number of anilines is 1. The molecule has 1 aromatic rings. The zero-order valence-corrected chi connectivity index (χ0v) is 12.1. The van der Waals surface area contributed by atoms with Crippen molar-refractivity contribution in [3.63, 3.8) is 0 Å². The SMILES string of the molecule is CC(=O)NCCC(=O)Nc1ccc(Br)c(C(F)(F)F)c1. The summed E-state index contributed by atoms with van der Waals surface area (Å²) in [5, 5.41) is 4.76. The van der Waals surface area contributed by atoms with Crippen molar-refractivity contribution < 1.29 is 22.8 Å². The van der Waals surface area contributed by atoms with Gasteiger partial charge in [-0.3, -0.25) is 9.59 Å². The molecule has 4 nitrogen and oxygen atoms in total. The molecule has 0 heterocycles. The maximum atomic E-state index is 12.7. The van der Waals surface area contributed by atoms with Crippen LogP contribution in [-0.4, -0.2) is 18.4 Å². The molecule has 0 saturated carbocycles. The van der Waals surface area contributed by atoms with Crippen molar-refractivity contribution in [2.24, 2.45) is 0 Å². The third kappa shape index (κ3) is 5.20. The van der Waals surface area contributed by atoms with Gasteiger partial charge in [0.05, 0.1) is 5.56 Å². The van der Waals surface area contributed by atoms with Gasteiger partial charge in [-0.2, -0.15) is 13.2 Å². The molecule has 8 heteroatoms. The maximum absolute atomic E-state index is 12.7. The number of carbonyl (C=O) groups is 2. The molecule has 20 heavy (non-hydrogen) atoms. The third-order valence-electron chi connectivity index (χ3n) is 2.28. The number of alkyl halides is 3. The first-order valence-electron chi connectivity index (χ1n) is 5.61. The summed E-state index contributed by atoms with van der Waals surface area (Å²) >= 11 is 2.81. The first kappa shape index (κ1) is 16.5. The summed E-state index contributed by atoms with van der Waals surface area (Å²) in [6, 6.07) is 3.42. The number of carbonyl (C=O) groups excluding carboxylic acids is 2. The number of benzene rings is 1. The van der Waals surface area contributed by atoms with E-state index in [1.807, 2.05) is 0 Å². The van der Waals surface area contributed by atoms with Crippen molar-refractivity contribution >= 4 is 33.4 Å². The summed E-state index contributed by atoms with van der Waals surface area (Å²) in [6.45, 7) is 1.44. The maximum Gasteiger partial charge on any atom is 0.417 e. The number of hydrogen-bond acceptors (Lipinski definition) is 2. The Kier molecular flexibility index (Phi) is 5.55. The minimum absolute atomic E-state index is 0.0169. The molecule has 110 valence electrons. The van der Waals surface area contributed by atoms with Gasteiger partial charge < -0.3 is 10.6 Å². The Hall–Kier alpha value is -1.57. The van der Waals surface area contributed by atoms with Crippen LogP contribution in [0.3, 0.4) is 0 Å². The van der Waals surface area contributed by atoms with Crippen LogP contribution >= 0.6 is 15.9 Å². The van der Waals surface area contributed by atoms with Crippen molar-refractivity contribution in [1.82, 2.24) is 5.32 Å². The molecule has 0 saturated heterocycles. The van der Waals surface area contributed by atoms with Gasteiger partial charge in [0, 0.05) is 30.0 Å². The Labute approximate surface area is 121 Å². The lowest BCUT2D eigenvalue weighted by Gasteiger charge is -2.12. The lowest BCUT2D eigenvalue weighted by Crippen LogP contribution is -2.25. The van der Waals surface area contributed by atoms with Gasteiger partial charge in [0.1, 0.15) is 0 Å². The van der Waals surface area contributed by atoms with Crippen molar-refractivity contribution in [1.29, 1.82) is 0 Å². The molecule has 0 radical (unpaired) electrons. The molecule has 0 atom stereocenters. The van der Waals surface area contributed by atoms with Crippen molar-refractivity contribution in [2.75, 3.05) is 11.9 Å². The Balaban J connectivity index is 2.69. The summed E-state index contributed by atoms with van der Waals surface area (Å²) in [7, 11) is 0. The number of rotatable bonds is 4. The molecule has 0 aliphatic carbocycles. The van der Waals surface area contributed by atoms with Gasteiger partial charge in [-0.15, -0.1) is 0 Å². The number of halogens is 4. The Bertz CT molecular complexity index is 518. The van der Waals surface area contributed by atoms with E-state index in [1.54, 1.807) is 0 Å². The Morgan fingerprint density at radius 1 is 1.30 bits per heavy atom. The highest BCUT2D eigenvalue weighted by Gasteiger charge is 2.33. The van der Waals surface area contributed by atoms with Crippen LogP contribution < -0.4 is 10.6 Å². The molecule has 0 aliphatic heterocycles. The average Bonchev–Trinajstić information content (AvgIpc) is 2.29. The van der Waals surface area contributed by atoms with Gasteiger partial charge in [-0.1, -0.05) is 15.9 Å². The standard InChI is InChI=1S/C12H12BrF3N2O2/c1-7(19)17-5-4-11(20)18-8-2-3-10(13)9(6-8)12(14,15)16/h2-3,6H,4-5H2,1H3,(H,17,19)(H,18,20). The van der Waals surface area contributed by atoms with Crippen LogP contribution in [0.4, 0.5) is 18.9 Å². The summed E-state index contributed by atoms with van der Waals surface area (Å²) in [5.74, 6) is -0.755. The van der Waals surface area contributed by atoms with E-state index in [0.29, 0.717) is 0 Å². The first-order valence-corrected chi connectivity index (χ1v) is 6.40. The van der Waals surface area contributed by atoms with Crippen LogP contribution in [0, 0.1) is 0 Å². The highest BCUT2D eigenvalue weighted by Crippen LogP contribution is 2.36. The van der Waals surface area contributed by atoms with Gasteiger partial charge in [-0.05, 0) is 18.2 Å². The number of amides is 2. The van der Waals surface area contributed by atoms with E-state index in [2.05, 4.69) is 26.6 Å². The molecule has 2 amide bonds. The van der Waals surface area contributed by atoms with Gasteiger partial charge in [0.2, 0.25) is 11.8 Å². The molecule has 1 rings (SSSR count). The summed E-state index contributed by atoms with van der Waals surface area (Å²) in [4.78, 5) is 22.1. The van der Waals surface area contributed by atoms with Crippen molar-refractivity contribution in [3.05, 3.63) is 28.2 Å². The third-order valence-corrected chi connectivity index (χ3v) is 2.97. The van der Waals surface area contributed by atoms with Crippen LogP contribution in [-0.2, 0) is 15.8 Å². The minimum Gasteiger partial charge on any atom is -0.356 e. The fourth-order valence-corrected chi connectivity index (χ4v) is 1.87. The second kappa shape index (κ2) is 6.74.